The summed E-state index contributed by atoms with van der Waals surface area (Å²) >= 11 is 1.56. The standard InChI is InChI=1S/C23H29B2N5O5S2/c1-13-19(36-12-26-13)14-5-7-15(8-6-14)23(2)22(33)27-20(28-23)18-10-16(31)11-29(18)21(32)17-4-3-9-30(17)37(34,35)25-24/h5-8,12,16-18,25,31H,3-4,9-11,24H2,1-2H3,(H,27,28,33)/t16-,17+,18?,23+/m1/s1. The van der Waals surface area contributed by atoms with Gasteiger partial charge in [0.1, 0.15) is 17.4 Å². The van der Waals surface area contributed by atoms with Gasteiger partial charge in [-0.2, -0.15) is 4.99 Å². The minimum absolute atomic E-state index is 0.0640. The Morgan fingerprint density at radius 3 is 2.70 bits per heavy atom. The number of carbonyl (C=O) groups excluding carboxylic acids is 2. The first-order chi connectivity index (χ1) is 17.5. The highest BCUT2D eigenvalue weighted by Gasteiger charge is 2.49. The van der Waals surface area contributed by atoms with Gasteiger partial charge in [-0.25, -0.2) is 17.7 Å². The van der Waals surface area contributed by atoms with Crippen LogP contribution in [0.2, 0.25) is 0 Å². The van der Waals surface area contributed by atoms with Gasteiger partial charge in [-0.1, -0.05) is 24.3 Å². The van der Waals surface area contributed by atoms with Crippen molar-refractivity contribution >= 4 is 53.0 Å². The second-order valence-electron chi connectivity index (χ2n) is 9.96. The van der Waals surface area contributed by atoms with E-state index in [2.05, 4.69) is 15.3 Å². The summed E-state index contributed by atoms with van der Waals surface area (Å²) < 4.78 is 26.4. The summed E-state index contributed by atoms with van der Waals surface area (Å²) in [4.78, 5) is 37.9. The van der Waals surface area contributed by atoms with Gasteiger partial charge in [0.25, 0.3) is 12.4 Å². The average Bonchev–Trinajstić information content (AvgIpc) is 3.66. The highest BCUT2D eigenvalue weighted by molar-refractivity contribution is 8.17. The number of likely N-dealkylation sites (tertiary alicyclic amines) is 1. The van der Waals surface area contributed by atoms with Crippen LogP contribution in [0.1, 0.15) is 37.4 Å². The van der Waals surface area contributed by atoms with Crippen LogP contribution in [0.25, 0.3) is 10.4 Å². The lowest BCUT2D eigenvalue weighted by Crippen LogP contribution is -2.54. The lowest BCUT2D eigenvalue weighted by molar-refractivity contribution is -0.134. The topological polar surface area (TPSA) is 132 Å². The quantitative estimate of drug-likeness (QED) is 0.473. The van der Waals surface area contributed by atoms with Crippen molar-refractivity contribution < 1.29 is 23.1 Å². The van der Waals surface area contributed by atoms with E-state index in [0.29, 0.717) is 25.2 Å². The molecule has 0 radical (unpaired) electrons. The molecule has 4 atom stereocenters. The van der Waals surface area contributed by atoms with E-state index in [1.54, 1.807) is 31.5 Å². The van der Waals surface area contributed by atoms with Gasteiger partial charge in [-0.15, -0.1) is 11.3 Å². The minimum Gasteiger partial charge on any atom is -0.391 e. The number of nitrogens with zero attached hydrogens (tertiary/aromatic N) is 4. The van der Waals surface area contributed by atoms with E-state index in [-0.39, 0.29) is 31.2 Å². The van der Waals surface area contributed by atoms with Crippen molar-refractivity contribution in [3.8, 4) is 10.4 Å². The van der Waals surface area contributed by atoms with Gasteiger partial charge in [0.15, 0.2) is 9.87 Å². The summed E-state index contributed by atoms with van der Waals surface area (Å²) in [5.74, 6) is -0.414. The SMILES string of the molecule is BBS(=O)(=O)N1CCC[C@H]1C(=O)N1C[C@H](O)CC1C1=NC(=O)[C@](C)(c2ccc(-c3scnc3C)cc2)N1. The van der Waals surface area contributed by atoms with Gasteiger partial charge in [0, 0.05) is 19.5 Å². The zero-order valence-electron chi connectivity index (χ0n) is 21.0. The normalized spacial score (nSPS) is 28.4. The molecule has 0 bridgehead atoms. The summed E-state index contributed by atoms with van der Waals surface area (Å²) in [6, 6.07) is 6.23. The smallest absolute Gasteiger partial charge is 0.277 e. The number of amides is 2. The monoisotopic (exact) mass is 541 g/mol. The van der Waals surface area contributed by atoms with Gasteiger partial charge in [-0.3, -0.25) is 9.59 Å². The van der Waals surface area contributed by atoms with E-state index in [4.69, 9.17) is 0 Å². The number of β-amino-alcohol motifs (C(OH)–C–C–N with tert-alkyl or cyclic N) is 1. The first kappa shape index (κ1) is 26.1. The van der Waals surface area contributed by atoms with Gasteiger partial charge in [0.2, 0.25) is 5.91 Å². The van der Waals surface area contributed by atoms with E-state index in [0.717, 1.165) is 21.7 Å². The van der Waals surface area contributed by atoms with E-state index in [1.165, 1.54) is 9.21 Å². The summed E-state index contributed by atoms with van der Waals surface area (Å²) in [5.41, 5.74) is 3.37. The molecule has 0 aliphatic carbocycles. The number of aliphatic hydroxyl groups excluding tert-OH is 1. The van der Waals surface area contributed by atoms with Crippen molar-refractivity contribution in [2.24, 2.45) is 4.99 Å². The molecule has 1 aromatic carbocycles. The molecule has 0 saturated carbocycles. The first-order valence-corrected chi connectivity index (χ1v) is 14.9. The number of hydrogen-bond acceptors (Lipinski definition) is 8. The molecule has 0 spiro atoms. The fourth-order valence-electron chi connectivity index (χ4n) is 5.44. The summed E-state index contributed by atoms with van der Waals surface area (Å²) in [6.07, 6.45) is 0.381. The number of thiazole rings is 1. The molecule has 10 nitrogen and oxygen atoms in total. The van der Waals surface area contributed by atoms with Crippen molar-refractivity contribution in [2.75, 3.05) is 13.1 Å². The number of aliphatic hydroxyl groups is 1. The highest BCUT2D eigenvalue weighted by atomic mass is 32.2. The Bertz CT molecular complexity index is 1370. The fourth-order valence-corrected chi connectivity index (χ4v) is 7.57. The number of aromatic nitrogens is 1. The Labute approximate surface area is 221 Å². The third-order valence-corrected chi connectivity index (χ3v) is 10.4. The van der Waals surface area contributed by atoms with Gasteiger partial charge >= 0.3 is 0 Å². The van der Waals surface area contributed by atoms with Crippen LogP contribution in [0, 0.1) is 6.92 Å². The third kappa shape index (κ3) is 4.53. The van der Waals surface area contributed by atoms with Crippen LogP contribution in [-0.2, 0) is 25.0 Å². The molecule has 2 saturated heterocycles. The van der Waals surface area contributed by atoms with Crippen LogP contribution in [-0.4, -0.2) is 90.8 Å². The number of amidine groups is 1. The highest BCUT2D eigenvalue weighted by Crippen LogP contribution is 2.34. The second-order valence-corrected chi connectivity index (χ2v) is 13.0. The molecule has 3 aliphatic heterocycles. The molecule has 2 fully saturated rings. The molecule has 2 N–H and O–H groups in total. The number of rotatable bonds is 6. The second kappa shape index (κ2) is 9.64. The largest absolute Gasteiger partial charge is 0.391 e. The van der Waals surface area contributed by atoms with Crippen LogP contribution in [0.5, 0.6) is 0 Å². The number of aliphatic imine (C=N–C) groups is 1. The molecule has 37 heavy (non-hydrogen) atoms. The maximum Gasteiger partial charge on any atom is 0.277 e. The molecule has 1 unspecified atom stereocenters. The number of nitrogens with one attached hydrogen (secondary N) is 1. The molecule has 194 valence electrons. The van der Waals surface area contributed by atoms with E-state index in [1.807, 2.05) is 31.2 Å². The molecule has 5 rings (SSSR count). The average molecular weight is 541 g/mol. The lowest BCUT2D eigenvalue weighted by Gasteiger charge is -2.32. The molecule has 14 heteroatoms. The molecule has 4 heterocycles. The first-order valence-electron chi connectivity index (χ1n) is 12.5. The van der Waals surface area contributed by atoms with Crippen LogP contribution in [0.15, 0.2) is 34.8 Å². The predicted molar refractivity (Wildman–Crippen MR) is 146 cm³/mol. The van der Waals surface area contributed by atoms with Gasteiger partial charge < -0.3 is 15.3 Å². The van der Waals surface area contributed by atoms with Gasteiger partial charge in [0.05, 0.1) is 36.0 Å². The van der Waals surface area contributed by atoms with Crippen LogP contribution < -0.4 is 5.32 Å². The van der Waals surface area contributed by atoms with E-state index >= 15 is 0 Å². The Hall–Kier alpha value is -2.54. The van der Waals surface area contributed by atoms with Crippen molar-refractivity contribution in [3.05, 3.63) is 41.0 Å². The maximum atomic E-state index is 13.6. The van der Waals surface area contributed by atoms with Crippen LogP contribution in [0.4, 0.5) is 0 Å². The van der Waals surface area contributed by atoms with Crippen LogP contribution >= 0.6 is 11.3 Å². The molecule has 2 aromatic rings. The number of hydrogen-bond donors (Lipinski definition) is 2. The summed E-state index contributed by atoms with van der Waals surface area (Å²) in [5, 5.41) is 13.7. The number of aryl methyl sites for hydroxylation is 1. The summed E-state index contributed by atoms with van der Waals surface area (Å²) in [7, 11) is -1.98. The zero-order chi connectivity index (χ0) is 26.5. The Balaban J connectivity index is 1.37. The summed E-state index contributed by atoms with van der Waals surface area (Å²) in [6.45, 7) is 4.08. The zero-order valence-corrected chi connectivity index (χ0v) is 22.7. The van der Waals surface area contributed by atoms with Crippen molar-refractivity contribution in [1.82, 2.24) is 19.5 Å². The minimum atomic E-state index is -3.54. The molecule has 2 amide bonds. The van der Waals surface area contributed by atoms with E-state index in [9.17, 15) is 23.1 Å². The molecular weight excluding hydrogens is 512 g/mol. The third-order valence-electron chi connectivity index (χ3n) is 7.59. The number of carbonyl (C=O) groups is 2. The fraction of sp³-hybridized carbons (Fsp3) is 0.478. The van der Waals surface area contributed by atoms with E-state index < -0.39 is 33.6 Å². The predicted octanol–water partition coefficient (Wildman–Crippen LogP) is -0.482. The van der Waals surface area contributed by atoms with Crippen LogP contribution in [0.3, 0.4) is 0 Å². The molecule has 1 aromatic heterocycles. The molecule has 3 aliphatic rings. The Kier molecular flexibility index (Phi) is 6.80. The van der Waals surface area contributed by atoms with Crippen molar-refractivity contribution in [2.45, 2.75) is 56.8 Å². The Morgan fingerprint density at radius 1 is 1.32 bits per heavy atom. The molecular formula is C23H29B2N5O5S2. The van der Waals surface area contributed by atoms with Crippen molar-refractivity contribution in [1.29, 1.82) is 0 Å². The lowest BCUT2D eigenvalue weighted by atomic mass is 9.79. The van der Waals surface area contributed by atoms with Crippen molar-refractivity contribution in [3.63, 3.8) is 0 Å². The van der Waals surface area contributed by atoms with Gasteiger partial charge in [-0.05, 0) is 37.8 Å². The maximum absolute atomic E-state index is 13.6. The Morgan fingerprint density at radius 2 is 2.05 bits per heavy atom. The number of benzene rings is 1.